The average Bonchev–Trinajstić information content (AvgIpc) is 3.41. The quantitative estimate of drug-likeness (QED) is 0.513. The van der Waals surface area contributed by atoms with Crippen LogP contribution in [-0.4, -0.2) is 26.9 Å². The van der Waals surface area contributed by atoms with Crippen molar-refractivity contribution in [1.29, 1.82) is 0 Å². The highest BCUT2D eigenvalue weighted by molar-refractivity contribution is 6.31. The van der Waals surface area contributed by atoms with Crippen molar-refractivity contribution in [3.8, 4) is 0 Å². The van der Waals surface area contributed by atoms with E-state index in [-0.39, 0.29) is 23.8 Å². The van der Waals surface area contributed by atoms with E-state index >= 15 is 0 Å². The van der Waals surface area contributed by atoms with Crippen molar-refractivity contribution in [2.75, 3.05) is 11.1 Å². The highest BCUT2D eigenvalue weighted by Gasteiger charge is 2.49. The first-order valence-electron chi connectivity index (χ1n) is 11.5. The van der Waals surface area contributed by atoms with Crippen molar-refractivity contribution in [3.63, 3.8) is 0 Å². The number of aryl methyl sites for hydroxylation is 2. The molecule has 5 atom stereocenters. The molecule has 2 saturated carbocycles. The molecular weight excluding hydrogens is 436 g/mol. The van der Waals surface area contributed by atoms with E-state index in [2.05, 4.69) is 22.5 Å². The molecule has 7 heteroatoms. The fraction of sp³-hybridized carbons (Fsp3) is 0.385. The number of aliphatic hydroxyl groups excluding tert-OH is 1. The van der Waals surface area contributed by atoms with Gasteiger partial charge in [0.1, 0.15) is 11.4 Å². The third kappa shape index (κ3) is 3.91. The molecule has 5 rings (SSSR count). The maximum Gasteiger partial charge on any atom is 0.261 e. The van der Waals surface area contributed by atoms with Crippen molar-refractivity contribution < 1.29 is 9.90 Å². The highest BCUT2D eigenvalue weighted by Crippen LogP contribution is 2.56. The number of nitrogen functional groups attached to an aromatic ring is 1. The van der Waals surface area contributed by atoms with Crippen LogP contribution in [0.2, 0.25) is 5.02 Å². The number of nitrogens with two attached hydrogens (primary N) is 1. The molecule has 0 saturated heterocycles. The summed E-state index contributed by atoms with van der Waals surface area (Å²) in [4.78, 5) is 13.3. The molecule has 0 spiro atoms. The molecule has 5 unspecified atom stereocenters. The Labute approximate surface area is 198 Å². The average molecular weight is 465 g/mol. The van der Waals surface area contributed by atoms with E-state index < -0.39 is 0 Å². The second-order valence-electron chi connectivity index (χ2n) is 9.52. The first-order chi connectivity index (χ1) is 15.8. The van der Waals surface area contributed by atoms with Gasteiger partial charge in [-0.2, -0.15) is 5.10 Å². The van der Waals surface area contributed by atoms with Gasteiger partial charge in [0.25, 0.3) is 5.91 Å². The smallest absolute Gasteiger partial charge is 0.261 e. The second-order valence-corrected chi connectivity index (χ2v) is 9.93. The summed E-state index contributed by atoms with van der Waals surface area (Å²) in [5, 5.41) is 19.0. The normalized spacial score (nSPS) is 26.4. The highest BCUT2D eigenvalue weighted by atomic mass is 35.5. The molecule has 2 aromatic carbocycles. The molecule has 172 valence electrons. The number of rotatable bonds is 4. The van der Waals surface area contributed by atoms with Crippen molar-refractivity contribution in [1.82, 2.24) is 9.78 Å². The predicted octanol–water partition coefficient (Wildman–Crippen LogP) is 4.87. The van der Waals surface area contributed by atoms with Gasteiger partial charge in [-0.25, -0.2) is 0 Å². The summed E-state index contributed by atoms with van der Waals surface area (Å²) in [6, 6.07) is 15.7. The van der Waals surface area contributed by atoms with E-state index in [1.54, 1.807) is 17.8 Å². The second kappa shape index (κ2) is 8.50. The fourth-order valence-corrected chi connectivity index (χ4v) is 6.10. The zero-order valence-electron chi connectivity index (χ0n) is 18.8. The van der Waals surface area contributed by atoms with Crippen LogP contribution in [-0.2, 0) is 7.05 Å². The molecule has 1 heterocycles. The van der Waals surface area contributed by atoms with Crippen molar-refractivity contribution >= 4 is 29.0 Å². The Bertz CT molecular complexity index is 1190. The first-order valence-corrected chi connectivity index (χ1v) is 11.8. The zero-order chi connectivity index (χ0) is 23.3. The summed E-state index contributed by atoms with van der Waals surface area (Å²) in [7, 11) is 1.77. The number of aromatic nitrogens is 2. The van der Waals surface area contributed by atoms with Gasteiger partial charge in [0, 0.05) is 29.6 Å². The number of nitrogens with one attached hydrogen (secondary N) is 1. The number of carbonyl (C=O) groups is 1. The standard InChI is InChI=1S/C26H29ClN4O2/c1-14-8-9-18(13-20(14)27)29-26(33)23-24(30-31(2)25(23)28)17-10-16-12-21(32)22(19(16)11-17)15-6-4-3-5-7-15/h3-9,13,16-17,19,21-22,32H,10-12,28H2,1-2H3,(H,29,33). The van der Waals surface area contributed by atoms with Gasteiger partial charge in [-0.1, -0.05) is 48.0 Å². The monoisotopic (exact) mass is 464 g/mol. The van der Waals surface area contributed by atoms with Crippen molar-refractivity contribution in [2.45, 2.75) is 44.1 Å². The zero-order valence-corrected chi connectivity index (χ0v) is 19.6. The lowest BCUT2D eigenvalue weighted by Crippen LogP contribution is -2.19. The molecule has 6 nitrogen and oxygen atoms in total. The Morgan fingerprint density at radius 2 is 1.94 bits per heavy atom. The summed E-state index contributed by atoms with van der Waals surface area (Å²) in [6.07, 6.45) is 2.24. The molecule has 2 aliphatic carbocycles. The number of anilines is 2. The lowest BCUT2D eigenvalue weighted by molar-refractivity contribution is 0.102. The number of benzene rings is 2. The maximum atomic E-state index is 13.3. The minimum Gasteiger partial charge on any atom is -0.392 e. The molecule has 0 aliphatic heterocycles. The number of fused-ring (bicyclic) bond motifs is 1. The number of hydrogen-bond acceptors (Lipinski definition) is 4. The van der Waals surface area contributed by atoms with Crippen LogP contribution in [0.5, 0.6) is 0 Å². The molecule has 2 fully saturated rings. The summed E-state index contributed by atoms with van der Waals surface area (Å²) in [5.41, 5.74) is 10.3. The van der Waals surface area contributed by atoms with E-state index in [0.29, 0.717) is 33.9 Å². The van der Waals surface area contributed by atoms with Gasteiger partial charge in [0.15, 0.2) is 0 Å². The Kier molecular flexibility index (Phi) is 5.67. The number of hydrogen-bond donors (Lipinski definition) is 3. The Morgan fingerprint density at radius 3 is 2.67 bits per heavy atom. The van der Waals surface area contributed by atoms with Gasteiger partial charge < -0.3 is 16.2 Å². The number of aliphatic hydroxyl groups is 1. The van der Waals surface area contributed by atoms with Crippen LogP contribution in [0.4, 0.5) is 11.5 Å². The van der Waals surface area contributed by atoms with E-state index in [9.17, 15) is 9.90 Å². The van der Waals surface area contributed by atoms with Crippen LogP contribution < -0.4 is 11.1 Å². The number of amides is 1. The molecular formula is C26H29ClN4O2. The first kappa shape index (κ1) is 22.0. The minimum atomic E-state index is -0.328. The van der Waals surface area contributed by atoms with Crippen LogP contribution in [0, 0.1) is 18.8 Å². The molecule has 4 N–H and O–H groups in total. The van der Waals surface area contributed by atoms with E-state index in [0.717, 1.165) is 30.5 Å². The molecule has 0 radical (unpaired) electrons. The lowest BCUT2D eigenvalue weighted by atomic mass is 9.84. The summed E-state index contributed by atoms with van der Waals surface area (Å²) >= 11 is 6.23. The Morgan fingerprint density at radius 1 is 1.18 bits per heavy atom. The third-order valence-electron chi connectivity index (χ3n) is 7.52. The van der Waals surface area contributed by atoms with Gasteiger partial charge in [-0.3, -0.25) is 9.48 Å². The van der Waals surface area contributed by atoms with E-state index in [1.807, 2.05) is 37.3 Å². The largest absolute Gasteiger partial charge is 0.392 e. The Hall–Kier alpha value is -2.83. The van der Waals surface area contributed by atoms with Crippen molar-refractivity contribution in [2.24, 2.45) is 18.9 Å². The molecule has 1 aromatic heterocycles. The SMILES string of the molecule is Cc1ccc(NC(=O)c2c(C3CC4CC(O)C(c5ccccc5)C4C3)nn(C)c2N)cc1Cl. The molecule has 33 heavy (non-hydrogen) atoms. The van der Waals surface area contributed by atoms with Crippen molar-refractivity contribution in [3.05, 3.63) is 75.9 Å². The molecule has 0 bridgehead atoms. The van der Waals surface area contributed by atoms with E-state index in [4.69, 9.17) is 17.3 Å². The molecule has 1 amide bonds. The van der Waals surface area contributed by atoms with Crippen LogP contribution in [0.25, 0.3) is 0 Å². The number of halogens is 1. The van der Waals surface area contributed by atoms with Crippen LogP contribution in [0.15, 0.2) is 48.5 Å². The molecule has 3 aromatic rings. The minimum absolute atomic E-state index is 0.120. The fourth-order valence-electron chi connectivity index (χ4n) is 5.92. The number of nitrogens with zero attached hydrogens (tertiary/aromatic N) is 2. The van der Waals surface area contributed by atoms with Gasteiger partial charge in [-0.05, 0) is 61.3 Å². The molecule has 2 aliphatic rings. The Balaban J connectivity index is 1.41. The van der Waals surface area contributed by atoms with Gasteiger partial charge in [0.05, 0.1) is 11.8 Å². The summed E-state index contributed by atoms with van der Waals surface area (Å²) < 4.78 is 1.59. The van der Waals surface area contributed by atoms with Crippen LogP contribution in [0.1, 0.15) is 58.3 Å². The topological polar surface area (TPSA) is 93.2 Å². The third-order valence-corrected chi connectivity index (χ3v) is 7.92. The van der Waals surface area contributed by atoms with Crippen LogP contribution in [0.3, 0.4) is 0 Å². The lowest BCUT2D eigenvalue weighted by Gasteiger charge is -2.22. The maximum absolute atomic E-state index is 13.3. The van der Waals surface area contributed by atoms with Gasteiger partial charge in [0.2, 0.25) is 0 Å². The predicted molar refractivity (Wildman–Crippen MR) is 131 cm³/mol. The van der Waals surface area contributed by atoms with Crippen LogP contribution >= 0.6 is 11.6 Å². The summed E-state index contributed by atoms with van der Waals surface area (Å²) in [6.45, 7) is 1.92. The van der Waals surface area contributed by atoms with Gasteiger partial charge in [-0.15, -0.1) is 0 Å². The van der Waals surface area contributed by atoms with E-state index in [1.165, 1.54) is 5.56 Å². The van der Waals surface area contributed by atoms with Gasteiger partial charge >= 0.3 is 0 Å². The summed E-state index contributed by atoms with van der Waals surface area (Å²) in [5.74, 6) is 1.11. The number of carbonyl (C=O) groups excluding carboxylic acids is 1.